The van der Waals surface area contributed by atoms with Gasteiger partial charge < -0.3 is 11.1 Å². The highest BCUT2D eigenvalue weighted by atomic mass is 16.2. The zero-order valence-electron chi connectivity index (χ0n) is 12.5. The van der Waals surface area contributed by atoms with Gasteiger partial charge in [0.05, 0.1) is 11.1 Å². The largest absolute Gasteiger partial charge is 0.328 e. The zero-order chi connectivity index (χ0) is 15.9. The van der Waals surface area contributed by atoms with Crippen molar-refractivity contribution < 1.29 is 14.4 Å². The van der Waals surface area contributed by atoms with Crippen LogP contribution in [0.15, 0.2) is 18.2 Å². The number of hydrogen-bond acceptors (Lipinski definition) is 4. The second-order valence-corrected chi connectivity index (χ2v) is 6.03. The number of carbonyl (C=O) groups excluding carboxylic acids is 3. The molecule has 1 aromatic carbocycles. The molecule has 0 aromatic heterocycles. The van der Waals surface area contributed by atoms with Crippen LogP contribution in [0.2, 0.25) is 0 Å². The Hall–Kier alpha value is -2.21. The third-order valence-electron chi connectivity index (χ3n) is 4.50. The van der Waals surface area contributed by atoms with Crippen LogP contribution in [0.3, 0.4) is 0 Å². The molecule has 0 atom stereocenters. The Kier molecular flexibility index (Phi) is 3.70. The highest BCUT2D eigenvalue weighted by Crippen LogP contribution is 2.27. The molecule has 1 aromatic rings. The molecule has 22 heavy (non-hydrogen) atoms. The number of nitrogens with zero attached hydrogens (tertiary/aromatic N) is 1. The fourth-order valence-electron chi connectivity index (χ4n) is 3.06. The van der Waals surface area contributed by atoms with Crippen molar-refractivity contribution in [3.05, 3.63) is 29.3 Å². The molecule has 1 aliphatic heterocycles. The van der Waals surface area contributed by atoms with Gasteiger partial charge in [0, 0.05) is 24.7 Å². The van der Waals surface area contributed by atoms with Crippen LogP contribution in [0.4, 0.5) is 5.69 Å². The molecule has 1 heterocycles. The lowest BCUT2D eigenvalue weighted by Gasteiger charge is -2.25. The number of benzene rings is 1. The summed E-state index contributed by atoms with van der Waals surface area (Å²) in [7, 11) is 1.45. The molecule has 3 N–H and O–H groups in total. The molecular formula is C16H19N3O3. The van der Waals surface area contributed by atoms with Crippen LogP contribution in [-0.4, -0.2) is 35.7 Å². The molecule has 1 saturated carbocycles. The molecule has 0 spiro atoms. The summed E-state index contributed by atoms with van der Waals surface area (Å²) in [5.41, 5.74) is 7.12. The van der Waals surface area contributed by atoms with E-state index >= 15 is 0 Å². The summed E-state index contributed by atoms with van der Waals surface area (Å²) in [6.07, 6.45) is 3.30. The highest BCUT2D eigenvalue weighted by Gasteiger charge is 2.33. The van der Waals surface area contributed by atoms with Crippen LogP contribution in [0.25, 0.3) is 0 Å². The SMILES string of the molecule is CN1C(=O)c2ccc(NC(=O)C3CCC(N)CC3)cc2C1=O. The average molecular weight is 301 g/mol. The summed E-state index contributed by atoms with van der Waals surface area (Å²) in [5.74, 6) is -0.719. The number of carbonyl (C=O) groups is 3. The Balaban J connectivity index is 1.73. The Morgan fingerprint density at radius 3 is 2.45 bits per heavy atom. The lowest BCUT2D eigenvalue weighted by Crippen LogP contribution is -2.32. The molecule has 0 saturated heterocycles. The third-order valence-corrected chi connectivity index (χ3v) is 4.50. The number of nitrogens with two attached hydrogens (primary N) is 1. The van der Waals surface area contributed by atoms with Crippen molar-refractivity contribution in [1.29, 1.82) is 0 Å². The van der Waals surface area contributed by atoms with E-state index < -0.39 is 0 Å². The standard InChI is InChI=1S/C16H19N3O3/c1-19-15(21)12-7-6-11(8-13(12)16(19)22)18-14(20)9-2-4-10(17)5-3-9/h6-10H,2-5,17H2,1H3,(H,18,20). The Labute approximate surface area is 128 Å². The van der Waals surface area contributed by atoms with E-state index in [-0.39, 0.29) is 29.7 Å². The Bertz CT molecular complexity index is 648. The van der Waals surface area contributed by atoms with Crippen LogP contribution in [0.5, 0.6) is 0 Å². The van der Waals surface area contributed by atoms with Gasteiger partial charge in [0.2, 0.25) is 5.91 Å². The van der Waals surface area contributed by atoms with Gasteiger partial charge in [0.1, 0.15) is 0 Å². The quantitative estimate of drug-likeness (QED) is 0.807. The van der Waals surface area contributed by atoms with Gasteiger partial charge in [-0.25, -0.2) is 0 Å². The predicted octanol–water partition coefficient (Wildman–Crippen LogP) is 1.37. The van der Waals surface area contributed by atoms with Crippen molar-refractivity contribution in [1.82, 2.24) is 4.90 Å². The predicted molar refractivity (Wildman–Crippen MR) is 81.4 cm³/mol. The van der Waals surface area contributed by atoms with Gasteiger partial charge >= 0.3 is 0 Å². The van der Waals surface area contributed by atoms with E-state index in [0.717, 1.165) is 30.6 Å². The fraction of sp³-hybridized carbons (Fsp3) is 0.438. The first kappa shape index (κ1) is 14.7. The third kappa shape index (κ3) is 2.50. The highest BCUT2D eigenvalue weighted by molar-refractivity contribution is 6.21. The van der Waals surface area contributed by atoms with E-state index in [1.165, 1.54) is 7.05 Å². The number of anilines is 1. The molecule has 1 aliphatic carbocycles. The summed E-state index contributed by atoms with van der Waals surface area (Å²) < 4.78 is 0. The lowest BCUT2D eigenvalue weighted by molar-refractivity contribution is -0.120. The Morgan fingerprint density at radius 2 is 1.77 bits per heavy atom. The van der Waals surface area contributed by atoms with Gasteiger partial charge in [0.25, 0.3) is 11.8 Å². The molecule has 1 fully saturated rings. The van der Waals surface area contributed by atoms with Crippen LogP contribution in [0.1, 0.15) is 46.4 Å². The van der Waals surface area contributed by atoms with Crippen molar-refractivity contribution >= 4 is 23.4 Å². The monoisotopic (exact) mass is 301 g/mol. The molecule has 116 valence electrons. The first-order valence-corrected chi connectivity index (χ1v) is 7.50. The van der Waals surface area contributed by atoms with E-state index in [0.29, 0.717) is 16.8 Å². The molecule has 3 amide bonds. The van der Waals surface area contributed by atoms with Gasteiger partial charge in [-0.05, 0) is 43.9 Å². The van der Waals surface area contributed by atoms with Crippen LogP contribution < -0.4 is 11.1 Å². The maximum Gasteiger partial charge on any atom is 0.261 e. The molecule has 2 aliphatic rings. The number of rotatable bonds is 2. The molecule has 3 rings (SSSR count). The zero-order valence-corrected chi connectivity index (χ0v) is 12.5. The normalized spacial score (nSPS) is 24.4. The second kappa shape index (κ2) is 5.53. The van der Waals surface area contributed by atoms with Crippen molar-refractivity contribution in [2.75, 3.05) is 12.4 Å². The molecular weight excluding hydrogens is 282 g/mol. The van der Waals surface area contributed by atoms with Gasteiger partial charge in [-0.15, -0.1) is 0 Å². The van der Waals surface area contributed by atoms with Crippen molar-refractivity contribution in [3.8, 4) is 0 Å². The summed E-state index contributed by atoms with van der Waals surface area (Å²) in [5, 5.41) is 2.84. The summed E-state index contributed by atoms with van der Waals surface area (Å²) >= 11 is 0. The number of fused-ring (bicyclic) bond motifs is 1. The van der Waals surface area contributed by atoms with Gasteiger partial charge in [-0.1, -0.05) is 0 Å². The van der Waals surface area contributed by atoms with Gasteiger partial charge in [-0.3, -0.25) is 19.3 Å². The summed E-state index contributed by atoms with van der Waals surface area (Å²) in [4.78, 5) is 37.1. The topological polar surface area (TPSA) is 92.5 Å². The summed E-state index contributed by atoms with van der Waals surface area (Å²) in [6, 6.07) is 5.02. The fourth-order valence-corrected chi connectivity index (χ4v) is 3.06. The van der Waals surface area contributed by atoms with Crippen LogP contribution in [-0.2, 0) is 4.79 Å². The molecule has 0 unspecified atom stereocenters. The molecule has 0 bridgehead atoms. The maximum atomic E-state index is 12.3. The minimum Gasteiger partial charge on any atom is -0.328 e. The first-order chi connectivity index (χ1) is 10.5. The number of nitrogens with one attached hydrogen (secondary N) is 1. The van der Waals surface area contributed by atoms with E-state index in [9.17, 15) is 14.4 Å². The lowest BCUT2D eigenvalue weighted by atomic mass is 9.86. The van der Waals surface area contributed by atoms with Crippen LogP contribution in [0, 0.1) is 5.92 Å². The summed E-state index contributed by atoms with van der Waals surface area (Å²) in [6.45, 7) is 0. The molecule has 6 nitrogen and oxygen atoms in total. The van der Waals surface area contributed by atoms with Crippen LogP contribution >= 0.6 is 0 Å². The second-order valence-electron chi connectivity index (χ2n) is 6.03. The minimum atomic E-state index is -0.334. The molecule has 6 heteroatoms. The first-order valence-electron chi connectivity index (χ1n) is 7.50. The average Bonchev–Trinajstić information content (AvgIpc) is 2.72. The van der Waals surface area contributed by atoms with Crippen molar-refractivity contribution in [2.24, 2.45) is 11.7 Å². The van der Waals surface area contributed by atoms with Crippen molar-refractivity contribution in [2.45, 2.75) is 31.7 Å². The van der Waals surface area contributed by atoms with E-state index in [1.54, 1.807) is 18.2 Å². The smallest absolute Gasteiger partial charge is 0.261 e. The number of imide groups is 1. The van der Waals surface area contributed by atoms with Gasteiger partial charge in [-0.2, -0.15) is 0 Å². The van der Waals surface area contributed by atoms with E-state index in [1.807, 2.05) is 0 Å². The maximum absolute atomic E-state index is 12.3. The number of hydrogen-bond donors (Lipinski definition) is 2. The van der Waals surface area contributed by atoms with Crippen molar-refractivity contribution in [3.63, 3.8) is 0 Å². The molecule has 0 radical (unpaired) electrons. The van der Waals surface area contributed by atoms with Gasteiger partial charge in [0.15, 0.2) is 0 Å². The van der Waals surface area contributed by atoms with E-state index in [2.05, 4.69) is 5.32 Å². The van der Waals surface area contributed by atoms with E-state index in [4.69, 9.17) is 5.73 Å². The minimum absolute atomic E-state index is 0.0342. The Morgan fingerprint density at radius 1 is 1.14 bits per heavy atom. The number of amides is 3.